The number of hydrogen-bond acceptors (Lipinski definition) is 3. The highest BCUT2D eigenvalue weighted by Crippen LogP contribution is 2.21. The lowest BCUT2D eigenvalue weighted by Gasteiger charge is -2.28. The number of carbonyl (C=O) groups excluding carboxylic acids is 2. The number of nitrogens with one attached hydrogen (secondary N) is 1. The fourth-order valence-corrected chi connectivity index (χ4v) is 3.41. The smallest absolute Gasteiger partial charge is 0.240 e. The van der Waals surface area contributed by atoms with Gasteiger partial charge in [-0.05, 0) is 64.6 Å². The summed E-state index contributed by atoms with van der Waals surface area (Å²) in [6.07, 6.45) is 6.54. The van der Waals surface area contributed by atoms with E-state index in [1.165, 1.54) is 6.42 Å². The van der Waals surface area contributed by atoms with Crippen molar-refractivity contribution in [3.63, 3.8) is 0 Å². The molecule has 2 rings (SSSR count). The highest BCUT2D eigenvalue weighted by molar-refractivity contribution is 5.94. The minimum absolute atomic E-state index is 0.0584. The number of para-hydroxylation sites is 1. The molecule has 0 aromatic heterocycles. The minimum Gasteiger partial charge on any atom is -0.324 e. The second-order valence-corrected chi connectivity index (χ2v) is 7.07. The van der Waals surface area contributed by atoms with Gasteiger partial charge in [0, 0.05) is 17.9 Å². The van der Waals surface area contributed by atoms with E-state index in [0.717, 1.165) is 41.8 Å². The van der Waals surface area contributed by atoms with E-state index in [-0.39, 0.29) is 24.9 Å². The minimum atomic E-state index is -0.0994. The van der Waals surface area contributed by atoms with Gasteiger partial charge in [0.05, 0.1) is 13.1 Å². The largest absolute Gasteiger partial charge is 0.324 e. The van der Waals surface area contributed by atoms with E-state index in [2.05, 4.69) is 11.4 Å². The fraction of sp³-hybridized carbons (Fsp3) is 0.524. The van der Waals surface area contributed by atoms with E-state index in [9.17, 15) is 9.59 Å². The Morgan fingerprint density at radius 1 is 1.12 bits per heavy atom. The number of aryl methyl sites for hydroxylation is 2. The van der Waals surface area contributed by atoms with Crippen LogP contribution in [0.25, 0.3) is 0 Å². The molecule has 0 atom stereocenters. The molecule has 0 aliphatic heterocycles. The number of hydrogen-bond donors (Lipinski definition) is 1. The highest BCUT2D eigenvalue weighted by atomic mass is 16.2. The number of amides is 2. The third-order valence-electron chi connectivity index (χ3n) is 4.80. The number of rotatable bonds is 7. The van der Waals surface area contributed by atoms with Gasteiger partial charge in [0.15, 0.2) is 0 Å². The molecule has 0 unspecified atom stereocenters. The molecule has 1 aliphatic rings. The van der Waals surface area contributed by atoms with Crippen LogP contribution in [0.15, 0.2) is 30.0 Å². The summed E-state index contributed by atoms with van der Waals surface area (Å²) < 4.78 is 0. The second-order valence-electron chi connectivity index (χ2n) is 7.07. The average molecular weight is 357 g/mol. The Morgan fingerprint density at radius 3 is 2.38 bits per heavy atom. The molecule has 1 N–H and O–H groups in total. The highest BCUT2D eigenvalue weighted by Gasteiger charge is 2.20. The maximum absolute atomic E-state index is 12.6. The van der Waals surface area contributed by atoms with Gasteiger partial charge >= 0.3 is 0 Å². The van der Waals surface area contributed by atoms with Crippen molar-refractivity contribution in [2.24, 2.45) is 0 Å². The number of benzene rings is 1. The molecule has 142 valence electrons. The van der Waals surface area contributed by atoms with Crippen molar-refractivity contribution in [3.05, 3.63) is 41.1 Å². The number of allylic oxidation sites excluding steroid dienone is 2. The summed E-state index contributed by atoms with van der Waals surface area (Å²) in [5.74, 6) is -0.0411. The van der Waals surface area contributed by atoms with Crippen molar-refractivity contribution < 1.29 is 9.59 Å². The van der Waals surface area contributed by atoms with E-state index in [4.69, 9.17) is 0 Å². The molecule has 0 radical (unpaired) electrons. The molecule has 5 nitrogen and oxygen atoms in total. The van der Waals surface area contributed by atoms with Crippen LogP contribution in [0.1, 0.15) is 43.7 Å². The van der Waals surface area contributed by atoms with Gasteiger partial charge in [-0.25, -0.2) is 0 Å². The Kier molecular flexibility index (Phi) is 7.39. The predicted molar refractivity (Wildman–Crippen MR) is 106 cm³/mol. The molecule has 5 heteroatoms. The monoisotopic (exact) mass is 357 g/mol. The summed E-state index contributed by atoms with van der Waals surface area (Å²) in [5.41, 5.74) is 4.08. The van der Waals surface area contributed by atoms with Gasteiger partial charge in [0.2, 0.25) is 11.8 Å². The van der Waals surface area contributed by atoms with Crippen LogP contribution in [-0.2, 0) is 9.59 Å². The van der Waals surface area contributed by atoms with Crippen LogP contribution in [0, 0.1) is 13.8 Å². The molecule has 0 heterocycles. The summed E-state index contributed by atoms with van der Waals surface area (Å²) in [6, 6.07) is 5.93. The molecule has 2 amide bonds. The summed E-state index contributed by atoms with van der Waals surface area (Å²) in [5, 5.41) is 2.97. The van der Waals surface area contributed by atoms with Crippen molar-refractivity contribution in [2.75, 3.05) is 32.0 Å². The van der Waals surface area contributed by atoms with Crippen LogP contribution in [0.5, 0.6) is 0 Å². The number of likely N-dealkylation sites (N-methyl/N-ethyl adjacent to an activating group) is 2. The normalized spacial score (nSPS) is 14.1. The molecule has 0 bridgehead atoms. The Morgan fingerprint density at radius 2 is 1.81 bits per heavy atom. The van der Waals surface area contributed by atoms with E-state index in [0.29, 0.717) is 6.54 Å². The van der Waals surface area contributed by atoms with Gasteiger partial charge in [-0.15, -0.1) is 0 Å². The molecule has 1 aliphatic carbocycles. The molecule has 1 aromatic rings. The lowest BCUT2D eigenvalue weighted by molar-refractivity contribution is -0.130. The quantitative estimate of drug-likeness (QED) is 0.813. The zero-order chi connectivity index (χ0) is 19.1. The Bertz CT molecular complexity index is 662. The van der Waals surface area contributed by atoms with Crippen LogP contribution in [0.2, 0.25) is 0 Å². The third-order valence-corrected chi connectivity index (χ3v) is 4.80. The maximum atomic E-state index is 12.6. The first-order valence-electron chi connectivity index (χ1n) is 9.46. The molecule has 26 heavy (non-hydrogen) atoms. The third kappa shape index (κ3) is 5.43. The summed E-state index contributed by atoms with van der Waals surface area (Å²) >= 11 is 0. The lowest BCUT2D eigenvalue weighted by Crippen LogP contribution is -2.41. The van der Waals surface area contributed by atoms with Gasteiger partial charge in [0.1, 0.15) is 0 Å². The van der Waals surface area contributed by atoms with E-state index < -0.39 is 0 Å². The van der Waals surface area contributed by atoms with Gasteiger partial charge in [-0.3, -0.25) is 14.5 Å². The first-order valence-corrected chi connectivity index (χ1v) is 9.46. The number of carbonyl (C=O) groups is 2. The lowest BCUT2D eigenvalue weighted by atomic mass is 10.0. The topological polar surface area (TPSA) is 52.7 Å². The molecule has 1 aromatic carbocycles. The van der Waals surface area contributed by atoms with Crippen LogP contribution in [0.3, 0.4) is 0 Å². The molecular weight excluding hydrogens is 326 g/mol. The van der Waals surface area contributed by atoms with Crippen molar-refractivity contribution in [3.8, 4) is 0 Å². The molecule has 0 saturated heterocycles. The van der Waals surface area contributed by atoms with Crippen LogP contribution in [-0.4, -0.2) is 48.3 Å². The molecule has 0 fully saturated rings. The van der Waals surface area contributed by atoms with Gasteiger partial charge in [0.25, 0.3) is 0 Å². The van der Waals surface area contributed by atoms with Gasteiger partial charge < -0.3 is 10.2 Å². The number of nitrogens with zero attached hydrogens (tertiary/aromatic N) is 2. The van der Waals surface area contributed by atoms with E-state index >= 15 is 0 Å². The van der Waals surface area contributed by atoms with Gasteiger partial charge in [-0.1, -0.05) is 24.3 Å². The van der Waals surface area contributed by atoms with Gasteiger partial charge in [-0.2, -0.15) is 0 Å². The van der Waals surface area contributed by atoms with Crippen molar-refractivity contribution in [2.45, 2.75) is 46.5 Å². The zero-order valence-electron chi connectivity index (χ0n) is 16.5. The van der Waals surface area contributed by atoms with Crippen molar-refractivity contribution in [1.29, 1.82) is 0 Å². The van der Waals surface area contributed by atoms with Crippen molar-refractivity contribution >= 4 is 17.5 Å². The Balaban J connectivity index is 1.90. The summed E-state index contributed by atoms with van der Waals surface area (Å²) in [7, 11) is 1.81. The molecule has 0 spiro atoms. The van der Waals surface area contributed by atoms with Crippen LogP contribution >= 0.6 is 0 Å². The average Bonchev–Trinajstić information content (AvgIpc) is 2.59. The van der Waals surface area contributed by atoms with Crippen LogP contribution in [0.4, 0.5) is 5.69 Å². The molecule has 0 saturated carbocycles. The summed E-state index contributed by atoms with van der Waals surface area (Å²) in [4.78, 5) is 28.6. The second kappa shape index (κ2) is 9.53. The Hall–Kier alpha value is -2.14. The van der Waals surface area contributed by atoms with Crippen LogP contribution < -0.4 is 5.32 Å². The standard InChI is InChI=1S/C21H31N3O2/c1-5-24(18-12-7-6-8-13-18)20(26)15-23(4)14-19(25)22-21-16(2)10-9-11-17(21)3/h9-12H,5-8,13-15H2,1-4H3,(H,22,25). The SMILES string of the molecule is CCN(C(=O)CN(C)CC(=O)Nc1c(C)cccc1C)C1=CCCCC1. The van der Waals surface area contributed by atoms with Crippen molar-refractivity contribution in [1.82, 2.24) is 9.80 Å². The molecular formula is C21H31N3O2. The first-order chi connectivity index (χ1) is 12.4. The first kappa shape index (κ1) is 20.2. The summed E-state index contributed by atoms with van der Waals surface area (Å²) in [6.45, 7) is 7.06. The predicted octanol–water partition coefficient (Wildman–Crippen LogP) is 3.48. The Labute approximate surface area is 157 Å². The van der Waals surface area contributed by atoms with E-state index in [1.807, 2.05) is 50.9 Å². The zero-order valence-corrected chi connectivity index (χ0v) is 16.5. The number of anilines is 1. The fourth-order valence-electron chi connectivity index (χ4n) is 3.41. The van der Waals surface area contributed by atoms with E-state index in [1.54, 1.807) is 4.90 Å². The maximum Gasteiger partial charge on any atom is 0.240 e.